The van der Waals surface area contributed by atoms with Gasteiger partial charge in [-0.3, -0.25) is 0 Å². The number of aromatic amines is 1. The summed E-state index contributed by atoms with van der Waals surface area (Å²) < 4.78 is 23.7. The lowest BCUT2D eigenvalue weighted by atomic mass is 9.85. The lowest BCUT2D eigenvalue weighted by Crippen LogP contribution is -2.08. The van der Waals surface area contributed by atoms with Gasteiger partial charge in [0, 0.05) is 29.5 Å². The molecule has 0 aliphatic heterocycles. The molecule has 5 nitrogen and oxygen atoms in total. The molecule has 2 N–H and O–H groups in total. The molecule has 2 unspecified atom stereocenters. The summed E-state index contributed by atoms with van der Waals surface area (Å²) in [6, 6.07) is 11.4. The Morgan fingerprint density at radius 2 is 1.83 bits per heavy atom. The summed E-state index contributed by atoms with van der Waals surface area (Å²) in [6.07, 6.45) is 8.51. The van der Waals surface area contributed by atoms with Crippen molar-refractivity contribution in [3.8, 4) is 0 Å². The molecule has 1 aromatic carbocycles. The monoisotopic (exact) mass is 412 g/mol. The van der Waals surface area contributed by atoms with Crippen molar-refractivity contribution >= 4 is 20.9 Å². The standard InChI is InChI=1S/C23H28N2O3S/c1-15(26)19-12-18-13-22(25-23(18)24-14-19)21(11-16-5-3-4-6-16)17-7-9-20(10-8-17)29(2,27)28/h7-10,12-16,21,26H,3-6,11H2,1-2H3,(H,24,25). The number of rotatable bonds is 6. The Morgan fingerprint density at radius 3 is 2.45 bits per heavy atom. The molecule has 3 aromatic rings. The number of fused-ring (bicyclic) bond motifs is 1. The van der Waals surface area contributed by atoms with Gasteiger partial charge in [-0.2, -0.15) is 0 Å². The molecule has 2 aromatic heterocycles. The van der Waals surface area contributed by atoms with Crippen molar-refractivity contribution in [3.05, 3.63) is 59.4 Å². The minimum Gasteiger partial charge on any atom is -0.389 e. The third-order valence-corrected chi connectivity index (χ3v) is 7.25. The summed E-state index contributed by atoms with van der Waals surface area (Å²) in [5.41, 5.74) is 3.82. The average Bonchev–Trinajstić information content (AvgIpc) is 3.34. The van der Waals surface area contributed by atoms with Gasteiger partial charge in [0.1, 0.15) is 5.65 Å². The zero-order chi connectivity index (χ0) is 20.6. The predicted octanol–water partition coefficient (Wildman–Crippen LogP) is 4.73. The van der Waals surface area contributed by atoms with Crippen LogP contribution in [0, 0.1) is 5.92 Å². The first-order valence-corrected chi connectivity index (χ1v) is 12.2. The van der Waals surface area contributed by atoms with E-state index < -0.39 is 15.9 Å². The summed E-state index contributed by atoms with van der Waals surface area (Å²) in [5, 5.41) is 10.8. The van der Waals surface area contributed by atoms with Crippen molar-refractivity contribution < 1.29 is 13.5 Å². The molecule has 154 valence electrons. The lowest BCUT2D eigenvalue weighted by molar-refractivity contribution is 0.199. The molecular weight excluding hydrogens is 384 g/mol. The molecule has 2 atom stereocenters. The van der Waals surface area contributed by atoms with Crippen LogP contribution in [0.1, 0.15) is 67.9 Å². The van der Waals surface area contributed by atoms with Crippen LogP contribution in [0.15, 0.2) is 47.5 Å². The summed E-state index contributed by atoms with van der Waals surface area (Å²) in [4.78, 5) is 8.30. The van der Waals surface area contributed by atoms with Crippen molar-refractivity contribution in [2.45, 2.75) is 55.9 Å². The molecule has 0 saturated heterocycles. The van der Waals surface area contributed by atoms with E-state index in [1.165, 1.54) is 31.9 Å². The summed E-state index contributed by atoms with van der Waals surface area (Å²) >= 11 is 0. The van der Waals surface area contributed by atoms with Gasteiger partial charge in [0.15, 0.2) is 9.84 Å². The first-order chi connectivity index (χ1) is 13.8. The maximum Gasteiger partial charge on any atom is 0.175 e. The van der Waals surface area contributed by atoms with Crippen LogP contribution in [0.2, 0.25) is 0 Å². The van der Waals surface area contributed by atoms with Crippen LogP contribution in [0.5, 0.6) is 0 Å². The molecule has 1 aliphatic carbocycles. The van der Waals surface area contributed by atoms with Crippen LogP contribution in [0.25, 0.3) is 11.0 Å². The molecule has 29 heavy (non-hydrogen) atoms. The highest BCUT2D eigenvalue weighted by atomic mass is 32.2. The van der Waals surface area contributed by atoms with Crippen LogP contribution < -0.4 is 0 Å². The third-order valence-electron chi connectivity index (χ3n) is 6.12. The summed E-state index contributed by atoms with van der Waals surface area (Å²) in [6.45, 7) is 1.74. The second kappa shape index (κ2) is 7.92. The molecule has 0 bridgehead atoms. The van der Waals surface area contributed by atoms with Crippen molar-refractivity contribution in [3.63, 3.8) is 0 Å². The van der Waals surface area contributed by atoms with E-state index in [-0.39, 0.29) is 5.92 Å². The number of hydrogen-bond donors (Lipinski definition) is 2. The fourth-order valence-electron chi connectivity index (χ4n) is 4.44. The number of H-pyrrole nitrogens is 1. The Bertz CT molecular complexity index is 1090. The Hall–Kier alpha value is -2.18. The molecule has 1 fully saturated rings. The second-order valence-corrected chi connectivity index (χ2v) is 10.4. The number of aliphatic hydroxyl groups is 1. The predicted molar refractivity (Wildman–Crippen MR) is 115 cm³/mol. The lowest BCUT2D eigenvalue weighted by Gasteiger charge is -2.20. The summed E-state index contributed by atoms with van der Waals surface area (Å²) in [7, 11) is -3.21. The van der Waals surface area contributed by atoms with Crippen LogP contribution in [0.4, 0.5) is 0 Å². The number of sulfone groups is 1. The number of aromatic nitrogens is 2. The van der Waals surface area contributed by atoms with Gasteiger partial charge < -0.3 is 10.1 Å². The van der Waals surface area contributed by atoms with E-state index in [1.54, 1.807) is 25.3 Å². The third kappa shape index (κ3) is 4.38. The second-order valence-electron chi connectivity index (χ2n) is 8.39. The number of aliphatic hydroxyl groups excluding tert-OH is 1. The Morgan fingerprint density at radius 1 is 1.14 bits per heavy atom. The molecular formula is C23H28N2O3S. The normalized spacial score (nSPS) is 17.6. The first kappa shape index (κ1) is 20.1. The summed E-state index contributed by atoms with van der Waals surface area (Å²) in [5.74, 6) is 0.845. The molecule has 0 radical (unpaired) electrons. The van der Waals surface area contributed by atoms with Gasteiger partial charge in [-0.25, -0.2) is 13.4 Å². The number of pyridine rings is 1. The maximum atomic E-state index is 11.8. The first-order valence-electron chi connectivity index (χ1n) is 10.3. The van der Waals surface area contributed by atoms with Crippen molar-refractivity contribution in [1.82, 2.24) is 9.97 Å². The average molecular weight is 413 g/mol. The van der Waals surface area contributed by atoms with Gasteiger partial charge in [0.05, 0.1) is 11.0 Å². The van der Waals surface area contributed by atoms with E-state index in [2.05, 4.69) is 16.0 Å². The number of nitrogens with zero attached hydrogens (tertiary/aromatic N) is 1. The SMILES string of the molecule is CC(O)c1cnc2[nH]c(C(CC3CCCC3)c3ccc(S(C)(=O)=O)cc3)cc2c1. The van der Waals surface area contributed by atoms with E-state index in [4.69, 9.17) is 0 Å². The number of benzene rings is 1. The fraction of sp³-hybridized carbons (Fsp3) is 0.435. The molecule has 1 aliphatic rings. The van der Waals surface area contributed by atoms with E-state index in [1.807, 2.05) is 18.2 Å². The van der Waals surface area contributed by atoms with Gasteiger partial charge in [-0.15, -0.1) is 0 Å². The number of nitrogens with one attached hydrogen (secondary N) is 1. The molecule has 4 rings (SSSR count). The molecule has 0 amide bonds. The van der Waals surface area contributed by atoms with Crippen molar-refractivity contribution in [2.24, 2.45) is 5.92 Å². The molecule has 1 saturated carbocycles. The zero-order valence-electron chi connectivity index (χ0n) is 16.9. The van der Waals surface area contributed by atoms with Gasteiger partial charge in [0.2, 0.25) is 0 Å². The zero-order valence-corrected chi connectivity index (χ0v) is 17.7. The topological polar surface area (TPSA) is 83.1 Å². The van der Waals surface area contributed by atoms with E-state index >= 15 is 0 Å². The van der Waals surface area contributed by atoms with Crippen molar-refractivity contribution in [2.75, 3.05) is 6.26 Å². The van der Waals surface area contributed by atoms with Crippen molar-refractivity contribution in [1.29, 1.82) is 0 Å². The van der Waals surface area contributed by atoms with E-state index in [9.17, 15) is 13.5 Å². The highest BCUT2D eigenvalue weighted by molar-refractivity contribution is 7.90. The number of hydrogen-bond acceptors (Lipinski definition) is 4. The minimum atomic E-state index is -3.21. The van der Waals surface area contributed by atoms with E-state index in [0.717, 1.165) is 34.3 Å². The Kier molecular flexibility index (Phi) is 5.49. The van der Waals surface area contributed by atoms with Gasteiger partial charge in [-0.05, 0) is 54.7 Å². The van der Waals surface area contributed by atoms with Gasteiger partial charge in [-0.1, -0.05) is 37.8 Å². The van der Waals surface area contributed by atoms with Gasteiger partial charge in [0.25, 0.3) is 0 Å². The fourth-order valence-corrected chi connectivity index (χ4v) is 5.07. The molecule has 6 heteroatoms. The van der Waals surface area contributed by atoms with Crippen LogP contribution in [-0.4, -0.2) is 29.7 Å². The Labute approximate surface area is 172 Å². The highest BCUT2D eigenvalue weighted by Gasteiger charge is 2.24. The molecule has 2 heterocycles. The largest absolute Gasteiger partial charge is 0.389 e. The van der Waals surface area contributed by atoms with E-state index in [0.29, 0.717) is 10.8 Å². The highest BCUT2D eigenvalue weighted by Crippen LogP contribution is 2.38. The molecule has 0 spiro atoms. The maximum absolute atomic E-state index is 11.8. The van der Waals surface area contributed by atoms with Gasteiger partial charge >= 0.3 is 0 Å². The quantitative estimate of drug-likeness (QED) is 0.613. The minimum absolute atomic E-state index is 0.163. The Balaban J connectivity index is 1.73. The van der Waals surface area contributed by atoms with Crippen LogP contribution >= 0.6 is 0 Å². The smallest absolute Gasteiger partial charge is 0.175 e. The van der Waals surface area contributed by atoms with Crippen LogP contribution in [0.3, 0.4) is 0 Å². The van der Waals surface area contributed by atoms with Crippen LogP contribution in [-0.2, 0) is 9.84 Å².